The van der Waals surface area contributed by atoms with Gasteiger partial charge in [0.05, 0.1) is 33.4 Å². The lowest BCUT2D eigenvalue weighted by molar-refractivity contribution is 0.0963. The normalized spacial score (nSPS) is 10.9. The van der Waals surface area contributed by atoms with Gasteiger partial charge in [-0.05, 0) is 24.1 Å². The number of amides is 1. The molecule has 30 heavy (non-hydrogen) atoms. The summed E-state index contributed by atoms with van der Waals surface area (Å²) >= 11 is 0. The van der Waals surface area contributed by atoms with E-state index in [0.29, 0.717) is 41.9 Å². The maximum Gasteiger partial charge on any atom is 0.251 e. The molecule has 2 rings (SSSR count). The van der Waals surface area contributed by atoms with Crippen LogP contribution in [0.3, 0.4) is 0 Å². The number of rotatable bonds is 9. The number of nitrogens with one attached hydrogen (secondary N) is 3. The summed E-state index contributed by atoms with van der Waals surface area (Å²) in [5, 5.41) is 9.19. The maximum atomic E-state index is 11.8. The quantitative estimate of drug-likeness (QED) is 0.429. The van der Waals surface area contributed by atoms with Gasteiger partial charge in [0.2, 0.25) is 0 Å². The molecule has 0 aliphatic carbocycles. The van der Waals surface area contributed by atoms with Gasteiger partial charge in [0.1, 0.15) is 17.2 Å². The topological polar surface area (TPSA) is 93.2 Å². The molecule has 8 heteroatoms. The molecule has 2 aromatic rings. The van der Waals surface area contributed by atoms with Crippen molar-refractivity contribution in [2.45, 2.75) is 13.0 Å². The van der Waals surface area contributed by atoms with Gasteiger partial charge in [-0.3, -0.25) is 9.79 Å². The summed E-state index contributed by atoms with van der Waals surface area (Å²) in [5.41, 5.74) is 2.58. The lowest BCUT2D eigenvalue weighted by Gasteiger charge is -2.17. The van der Waals surface area contributed by atoms with Crippen molar-refractivity contribution < 1.29 is 19.0 Å². The highest BCUT2D eigenvalue weighted by atomic mass is 16.5. The molecule has 0 unspecified atom stereocenters. The minimum atomic E-state index is -0.0929. The highest BCUT2D eigenvalue weighted by molar-refractivity contribution is 5.94. The smallest absolute Gasteiger partial charge is 0.251 e. The first-order valence-corrected chi connectivity index (χ1v) is 9.60. The van der Waals surface area contributed by atoms with Gasteiger partial charge < -0.3 is 30.2 Å². The minimum Gasteiger partial charge on any atom is -0.496 e. The summed E-state index contributed by atoms with van der Waals surface area (Å²) in [6.07, 6.45) is 0.751. The first kappa shape index (κ1) is 22.9. The van der Waals surface area contributed by atoms with Crippen LogP contribution in [0.1, 0.15) is 21.5 Å². The summed E-state index contributed by atoms with van der Waals surface area (Å²) in [7, 11) is 8.15. The highest BCUT2D eigenvalue weighted by Crippen LogP contribution is 2.33. The molecule has 0 aromatic heterocycles. The molecular weight excluding hydrogens is 384 g/mol. The van der Waals surface area contributed by atoms with E-state index < -0.39 is 0 Å². The number of carbonyl (C=O) groups is 1. The van der Waals surface area contributed by atoms with E-state index in [-0.39, 0.29) is 5.91 Å². The van der Waals surface area contributed by atoms with Gasteiger partial charge in [-0.2, -0.15) is 0 Å². The van der Waals surface area contributed by atoms with Crippen molar-refractivity contribution >= 4 is 11.9 Å². The van der Waals surface area contributed by atoms with Crippen molar-refractivity contribution in [3.63, 3.8) is 0 Å². The zero-order chi connectivity index (χ0) is 21.9. The number of hydrogen-bond donors (Lipinski definition) is 3. The third kappa shape index (κ3) is 6.04. The monoisotopic (exact) mass is 414 g/mol. The first-order chi connectivity index (χ1) is 14.6. The number of nitrogens with zero attached hydrogens (tertiary/aromatic N) is 1. The van der Waals surface area contributed by atoms with Gasteiger partial charge in [-0.1, -0.05) is 12.1 Å². The average molecular weight is 415 g/mol. The Morgan fingerprint density at radius 3 is 2.27 bits per heavy atom. The van der Waals surface area contributed by atoms with Crippen LogP contribution in [0, 0.1) is 0 Å². The third-order valence-electron chi connectivity index (χ3n) is 4.60. The van der Waals surface area contributed by atoms with Crippen LogP contribution in [0.25, 0.3) is 0 Å². The van der Waals surface area contributed by atoms with Crippen LogP contribution in [0.15, 0.2) is 41.4 Å². The fourth-order valence-corrected chi connectivity index (χ4v) is 2.98. The lowest BCUT2D eigenvalue weighted by Crippen LogP contribution is -2.38. The molecule has 0 atom stereocenters. The van der Waals surface area contributed by atoms with Gasteiger partial charge in [-0.25, -0.2) is 0 Å². The molecule has 1 amide bonds. The summed E-state index contributed by atoms with van der Waals surface area (Å²) in [5.74, 6) is 2.55. The van der Waals surface area contributed by atoms with Crippen LogP contribution in [0.2, 0.25) is 0 Å². The fraction of sp³-hybridized carbons (Fsp3) is 0.364. The molecule has 8 nitrogen and oxygen atoms in total. The van der Waals surface area contributed by atoms with E-state index in [0.717, 1.165) is 17.5 Å². The number of methoxy groups -OCH3 is 3. The Hall–Kier alpha value is -3.42. The average Bonchev–Trinajstić information content (AvgIpc) is 2.80. The molecule has 0 bridgehead atoms. The largest absolute Gasteiger partial charge is 0.496 e. The van der Waals surface area contributed by atoms with Crippen molar-refractivity contribution in [3.8, 4) is 17.2 Å². The van der Waals surface area contributed by atoms with E-state index in [2.05, 4.69) is 20.9 Å². The molecule has 0 fully saturated rings. The molecule has 0 aliphatic heterocycles. The first-order valence-electron chi connectivity index (χ1n) is 9.60. The number of guanidine groups is 1. The predicted octanol–water partition coefficient (Wildman–Crippen LogP) is 1.98. The molecule has 162 valence electrons. The van der Waals surface area contributed by atoms with E-state index >= 15 is 0 Å². The van der Waals surface area contributed by atoms with Gasteiger partial charge in [0.25, 0.3) is 5.91 Å². The molecule has 0 spiro atoms. The van der Waals surface area contributed by atoms with Gasteiger partial charge in [0, 0.05) is 38.3 Å². The fourth-order valence-electron chi connectivity index (χ4n) is 2.98. The SMILES string of the molecule is CN=C(NCCc1cccc(C(=O)NC)c1)NCc1c(OC)cc(OC)cc1OC. The molecule has 3 N–H and O–H groups in total. The molecule has 0 saturated heterocycles. The van der Waals surface area contributed by atoms with Crippen LogP contribution >= 0.6 is 0 Å². The van der Waals surface area contributed by atoms with Crippen LogP contribution in [-0.2, 0) is 13.0 Å². The van der Waals surface area contributed by atoms with E-state index in [1.807, 2.05) is 30.3 Å². The van der Waals surface area contributed by atoms with Crippen molar-refractivity contribution in [2.75, 3.05) is 42.0 Å². The van der Waals surface area contributed by atoms with E-state index in [9.17, 15) is 4.79 Å². The van der Waals surface area contributed by atoms with Crippen LogP contribution in [0.4, 0.5) is 0 Å². The lowest BCUT2D eigenvalue weighted by atomic mass is 10.1. The Balaban J connectivity index is 1.97. The molecule has 0 aliphatic rings. The van der Waals surface area contributed by atoms with E-state index in [1.165, 1.54) is 0 Å². The molecule has 0 saturated carbocycles. The Kier molecular flexibility index (Phi) is 8.80. The summed E-state index contributed by atoms with van der Waals surface area (Å²) in [6, 6.07) is 11.2. The summed E-state index contributed by atoms with van der Waals surface area (Å²) in [6.45, 7) is 1.12. The van der Waals surface area contributed by atoms with E-state index in [4.69, 9.17) is 14.2 Å². The van der Waals surface area contributed by atoms with Crippen LogP contribution in [-0.4, -0.2) is 53.8 Å². The zero-order valence-electron chi connectivity index (χ0n) is 18.2. The second-order valence-corrected chi connectivity index (χ2v) is 6.39. The second-order valence-electron chi connectivity index (χ2n) is 6.39. The Morgan fingerprint density at radius 1 is 1.00 bits per heavy atom. The molecule has 0 radical (unpaired) electrons. The number of aliphatic imine (C=N–C) groups is 1. The van der Waals surface area contributed by atoms with Gasteiger partial charge >= 0.3 is 0 Å². The second kappa shape index (κ2) is 11.5. The molecular formula is C22H30N4O4. The highest BCUT2D eigenvalue weighted by Gasteiger charge is 2.14. The predicted molar refractivity (Wildman–Crippen MR) is 118 cm³/mol. The van der Waals surface area contributed by atoms with Crippen LogP contribution in [0.5, 0.6) is 17.2 Å². The van der Waals surface area contributed by atoms with Crippen LogP contribution < -0.4 is 30.2 Å². The summed E-state index contributed by atoms with van der Waals surface area (Å²) < 4.78 is 16.2. The van der Waals surface area contributed by atoms with Crippen molar-refractivity contribution in [2.24, 2.45) is 4.99 Å². The zero-order valence-corrected chi connectivity index (χ0v) is 18.2. The van der Waals surface area contributed by atoms with E-state index in [1.54, 1.807) is 41.5 Å². The third-order valence-corrected chi connectivity index (χ3v) is 4.60. The molecule has 0 heterocycles. The van der Waals surface area contributed by atoms with Gasteiger partial charge in [0.15, 0.2) is 5.96 Å². The standard InChI is InChI=1S/C22H30N4O4/c1-23-21(27)16-8-6-7-15(11-16)9-10-25-22(24-2)26-14-18-19(29-4)12-17(28-3)13-20(18)30-5/h6-8,11-13H,9-10,14H2,1-5H3,(H,23,27)(H2,24,25,26). The maximum absolute atomic E-state index is 11.8. The van der Waals surface area contributed by atoms with Crippen molar-refractivity contribution in [1.29, 1.82) is 0 Å². The van der Waals surface area contributed by atoms with Crippen molar-refractivity contribution in [3.05, 3.63) is 53.1 Å². The van der Waals surface area contributed by atoms with Crippen molar-refractivity contribution in [1.82, 2.24) is 16.0 Å². The number of hydrogen-bond acceptors (Lipinski definition) is 5. The summed E-state index contributed by atoms with van der Waals surface area (Å²) in [4.78, 5) is 16.0. The molecule has 2 aromatic carbocycles. The Labute approximate surface area is 177 Å². The Bertz CT molecular complexity index is 858. The Morgan fingerprint density at radius 2 is 1.70 bits per heavy atom. The minimum absolute atomic E-state index is 0.0929. The van der Waals surface area contributed by atoms with Gasteiger partial charge in [-0.15, -0.1) is 0 Å². The number of carbonyl (C=O) groups excluding carboxylic acids is 1. The number of benzene rings is 2. The number of ether oxygens (including phenoxy) is 3.